The van der Waals surface area contributed by atoms with Gasteiger partial charge in [-0.1, -0.05) is 45.6 Å². The molecule has 2 aromatic heterocycles. The van der Waals surface area contributed by atoms with Crippen LogP contribution >= 0.6 is 23.2 Å². The fourth-order valence-corrected chi connectivity index (χ4v) is 6.61. The summed E-state index contributed by atoms with van der Waals surface area (Å²) in [6, 6.07) is 10.3. The van der Waals surface area contributed by atoms with Crippen molar-refractivity contribution in [1.82, 2.24) is 15.4 Å². The molecule has 0 N–H and O–H groups in total. The Morgan fingerprint density at radius 3 is 2.48 bits per heavy atom. The smallest absolute Gasteiger partial charge is 0.318 e. The Morgan fingerprint density at radius 2 is 1.80 bits per heavy atom. The zero-order valence-electron chi connectivity index (χ0n) is 21.4. The number of carbonyl (C=O) groups excluding carboxylic acids is 1. The Kier molecular flexibility index (Phi) is 6.60. The van der Waals surface area contributed by atoms with Crippen molar-refractivity contribution in [1.29, 1.82) is 0 Å². The lowest BCUT2D eigenvalue weighted by Gasteiger charge is -2.37. The quantitative estimate of drug-likeness (QED) is 0.200. The van der Waals surface area contributed by atoms with E-state index in [9.17, 15) is 9.18 Å². The Bertz CT molecular complexity index is 1550. The van der Waals surface area contributed by atoms with E-state index in [4.69, 9.17) is 36.9 Å². The Morgan fingerprint density at radius 1 is 1.05 bits per heavy atom. The SMILES string of the molecule is O=Cc1ccc(-c2nnc(N3C4CCC3CC(OCc3c(-c5c(Cl)cccc5Cl)noc3C3CC3)C4)o2)c(F)c1. The number of benzene rings is 2. The number of aromatic nitrogens is 3. The van der Waals surface area contributed by atoms with E-state index in [1.165, 1.54) is 12.1 Å². The number of hydrogen-bond donors (Lipinski definition) is 0. The fraction of sp³-hybridized carbons (Fsp3) is 0.379. The average Bonchev–Trinajstić information content (AvgIpc) is 3.43. The molecule has 11 heteroatoms. The van der Waals surface area contributed by atoms with Crippen molar-refractivity contribution >= 4 is 35.5 Å². The van der Waals surface area contributed by atoms with Crippen LogP contribution in [0.5, 0.6) is 0 Å². The van der Waals surface area contributed by atoms with Crippen LogP contribution in [0.15, 0.2) is 45.3 Å². The highest BCUT2D eigenvalue weighted by atomic mass is 35.5. The summed E-state index contributed by atoms with van der Waals surface area (Å²) in [5, 5.41) is 13.7. The molecular formula is C29H25Cl2FN4O4. The molecule has 2 aliphatic heterocycles. The molecule has 1 aliphatic carbocycles. The molecule has 4 aromatic rings. The van der Waals surface area contributed by atoms with Gasteiger partial charge in [-0.15, -0.1) is 5.10 Å². The second-order valence-electron chi connectivity index (χ2n) is 10.7. The maximum absolute atomic E-state index is 14.5. The van der Waals surface area contributed by atoms with Gasteiger partial charge < -0.3 is 18.6 Å². The van der Waals surface area contributed by atoms with Crippen LogP contribution in [0, 0.1) is 5.82 Å². The molecule has 4 heterocycles. The minimum Gasteiger partial charge on any atom is -0.403 e. The van der Waals surface area contributed by atoms with E-state index in [2.05, 4.69) is 20.3 Å². The molecular weight excluding hydrogens is 558 g/mol. The Balaban J connectivity index is 1.07. The molecule has 2 bridgehead atoms. The molecule has 1 saturated carbocycles. The minimum absolute atomic E-state index is 0.0287. The van der Waals surface area contributed by atoms with E-state index < -0.39 is 5.82 Å². The number of rotatable bonds is 8. The first-order valence-corrected chi connectivity index (χ1v) is 14.2. The van der Waals surface area contributed by atoms with Gasteiger partial charge in [0.25, 0.3) is 5.89 Å². The Hall–Kier alpha value is -3.27. The number of fused-ring (bicyclic) bond motifs is 2. The summed E-state index contributed by atoms with van der Waals surface area (Å²) >= 11 is 13.0. The van der Waals surface area contributed by atoms with Gasteiger partial charge in [0.2, 0.25) is 0 Å². The molecule has 2 saturated heterocycles. The van der Waals surface area contributed by atoms with E-state index in [1.54, 1.807) is 12.1 Å². The third kappa shape index (κ3) is 4.60. The maximum Gasteiger partial charge on any atom is 0.318 e. The second-order valence-corrected chi connectivity index (χ2v) is 11.5. The summed E-state index contributed by atoms with van der Waals surface area (Å²) in [5.74, 6) is 0.726. The summed E-state index contributed by atoms with van der Waals surface area (Å²) in [6.45, 7) is 0.358. The highest BCUT2D eigenvalue weighted by Gasteiger charge is 2.44. The zero-order chi connectivity index (χ0) is 27.4. The molecule has 3 aliphatic rings. The molecule has 40 heavy (non-hydrogen) atoms. The summed E-state index contributed by atoms with van der Waals surface area (Å²) in [4.78, 5) is 13.1. The van der Waals surface area contributed by atoms with Crippen molar-refractivity contribution in [2.45, 2.75) is 69.2 Å². The van der Waals surface area contributed by atoms with Gasteiger partial charge >= 0.3 is 6.01 Å². The number of carbonyl (C=O) groups is 1. The Labute approximate surface area is 239 Å². The van der Waals surface area contributed by atoms with Crippen LogP contribution in [-0.4, -0.2) is 39.8 Å². The van der Waals surface area contributed by atoms with Crippen molar-refractivity contribution in [3.63, 3.8) is 0 Å². The first-order chi connectivity index (χ1) is 19.5. The van der Waals surface area contributed by atoms with Crippen molar-refractivity contribution in [2.75, 3.05) is 4.90 Å². The molecule has 0 spiro atoms. The van der Waals surface area contributed by atoms with Crippen molar-refractivity contribution in [2.24, 2.45) is 0 Å². The first-order valence-electron chi connectivity index (χ1n) is 13.4. The second kappa shape index (κ2) is 10.3. The highest BCUT2D eigenvalue weighted by Crippen LogP contribution is 2.47. The van der Waals surface area contributed by atoms with Crippen LogP contribution in [0.1, 0.15) is 66.1 Å². The van der Waals surface area contributed by atoms with Gasteiger partial charge in [-0.3, -0.25) is 4.79 Å². The standard InChI is InChI=1S/C29H25Cl2FN4O4/c30-22-2-1-3-23(31)25(22)26-21(27(40-35-26)16-5-6-16)14-38-19-11-17-7-8-18(12-19)36(17)29-34-33-28(39-29)20-9-4-15(13-37)10-24(20)32/h1-4,9-10,13,16-19H,5-8,11-12,14H2. The van der Waals surface area contributed by atoms with Crippen molar-refractivity contribution in [3.8, 4) is 22.7 Å². The van der Waals surface area contributed by atoms with Gasteiger partial charge in [0.15, 0.2) is 0 Å². The molecule has 8 nitrogen and oxygen atoms in total. The summed E-state index contributed by atoms with van der Waals surface area (Å²) < 4.78 is 32.7. The van der Waals surface area contributed by atoms with Gasteiger partial charge in [-0.05, 0) is 62.8 Å². The average molecular weight is 583 g/mol. The number of hydrogen-bond acceptors (Lipinski definition) is 8. The molecule has 2 aromatic carbocycles. The van der Waals surface area contributed by atoms with E-state index in [-0.39, 0.29) is 35.2 Å². The lowest BCUT2D eigenvalue weighted by molar-refractivity contribution is 0.0139. The van der Waals surface area contributed by atoms with E-state index in [0.29, 0.717) is 46.1 Å². The predicted molar refractivity (Wildman–Crippen MR) is 146 cm³/mol. The molecule has 0 radical (unpaired) electrons. The van der Waals surface area contributed by atoms with Crippen LogP contribution in [0.2, 0.25) is 10.0 Å². The van der Waals surface area contributed by atoms with Gasteiger partial charge in [0, 0.05) is 34.7 Å². The largest absolute Gasteiger partial charge is 0.403 e. The molecule has 3 fully saturated rings. The number of halogens is 3. The predicted octanol–water partition coefficient (Wildman–Crippen LogP) is 7.24. The molecule has 2 unspecified atom stereocenters. The van der Waals surface area contributed by atoms with Crippen LogP contribution in [0.4, 0.5) is 10.4 Å². The van der Waals surface area contributed by atoms with Crippen LogP contribution in [-0.2, 0) is 11.3 Å². The van der Waals surface area contributed by atoms with Crippen molar-refractivity contribution in [3.05, 3.63) is 69.1 Å². The number of nitrogens with zero attached hydrogens (tertiary/aromatic N) is 4. The number of ether oxygens (including phenoxy) is 1. The van der Waals surface area contributed by atoms with E-state index in [1.807, 2.05) is 6.07 Å². The minimum atomic E-state index is -0.577. The van der Waals surface area contributed by atoms with Gasteiger partial charge in [0.05, 0.1) is 28.3 Å². The van der Waals surface area contributed by atoms with Gasteiger partial charge in [-0.25, -0.2) is 4.39 Å². The first kappa shape index (κ1) is 25.7. The van der Waals surface area contributed by atoms with E-state index >= 15 is 0 Å². The lowest BCUT2D eigenvalue weighted by Crippen LogP contribution is -2.45. The third-order valence-corrected chi connectivity index (χ3v) is 8.74. The topological polar surface area (TPSA) is 94.5 Å². The zero-order valence-corrected chi connectivity index (χ0v) is 22.9. The van der Waals surface area contributed by atoms with Gasteiger partial charge in [-0.2, -0.15) is 0 Å². The number of aldehydes is 1. The summed E-state index contributed by atoms with van der Waals surface area (Å²) in [6.07, 6.45) is 6.30. The van der Waals surface area contributed by atoms with Crippen LogP contribution in [0.3, 0.4) is 0 Å². The van der Waals surface area contributed by atoms with Crippen LogP contribution in [0.25, 0.3) is 22.7 Å². The highest BCUT2D eigenvalue weighted by molar-refractivity contribution is 6.39. The summed E-state index contributed by atoms with van der Waals surface area (Å²) in [5.41, 5.74) is 2.64. The maximum atomic E-state index is 14.5. The van der Waals surface area contributed by atoms with Gasteiger partial charge in [0.1, 0.15) is 23.6 Å². The molecule has 7 rings (SSSR count). The van der Waals surface area contributed by atoms with Crippen molar-refractivity contribution < 1.29 is 22.9 Å². The molecule has 0 amide bonds. The molecule has 206 valence electrons. The normalized spacial score (nSPS) is 22.2. The number of piperidine rings is 1. The third-order valence-electron chi connectivity index (χ3n) is 8.11. The number of anilines is 1. The van der Waals surface area contributed by atoms with E-state index in [0.717, 1.165) is 55.9 Å². The monoisotopic (exact) mass is 582 g/mol. The summed E-state index contributed by atoms with van der Waals surface area (Å²) in [7, 11) is 0. The fourth-order valence-electron chi connectivity index (χ4n) is 6.03. The lowest BCUT2D eigenvalue weighted by atomic mass is 10.00. The molecule has 2 atom stereocenters. The van der Waals surface area contributed by atoms with Crippen LogP contribution < -0.4 is 4.90 Å².